The molecule has 0 amide bonds. The van der Waals surface area contributed by atoms with Crippen molar-refractivity contribution in [1.29, 1.82) is 0 Å². The van der Waals surface area contributed by atoms with Crippen LogP contribution in [0.5, 0.6) is 0 Å². The van der Waals surface area contributed by atoms with E-state index in [2.05, 4.69) is 215 Å². The summed E-state index contributed by atoms with van der Waals surface area (Å²) in [5, 5.41) is 4.85. The number of para-hydroxylation sites is 4. The highest BCUT2D eigenvalue weighted by atomic mass is 15.1. The monoisotopic (exact) mass is 714 g/mol. The van der Waals surface area contributed by atoms with Gasteiger partial charge in [0.05, 0.1) is 33.5 Å². The molecule has 0 radical (unpaired) electrons. The van der Waals surface area contributed by atoms with Crippen molar-refractivity contribution >= 4 is 43.6 Å². The van der Waals surface area contributed by atoms with E-state index in [-0.39, 0.29) is 0 Å². The van der Waals surface area contributed by atoms with Gasteiger partial charge in [-0.3, -0.25) is 9.13 Å². The summed E-state index contributed by atoms with van der Waals surface area (Å²) in [7, 11) is 0. The summed E-state index contributed by atoms with van der Waals surface area (Å²) in [6.45, 7) is 0. The summed E-state index contributed by atoms with van der Waals surface area (Å²) in [6.07, 6.45) is 0. The predicted octanol–water partition coefficient (Wildman–Crippen LogP) is 13.3. The lowest BCUT2D eigenvalue weighted by atomic mass is 9.97. The maximum Gasteiger partial charge on any atom is 0.138 e. The normalized spacial score (nSPS) is 11.6. The van der Waals surface area contributed by atoms with E-state index in [4.69, 9.17) is 9.97 Å². The number of hydrogen-bond acceptors (Lipinski definition) is 2. The number of aromatic nitrogens is 4. The minimum absolute atomic E-state index is 0.882. The molecule has 4 aromatic heterocycles. The third-order valence-corrected chi connectivity index (χ3v) is 10.9. The summed E-state index contributed by atoms with van der Waals surface area (Å²) in [4.78, 5) is 10.7. The molecule has 0 bridgehead atoms. The van der Waals surface area contributed by atoms with Crippen molar-refractivity contribution in [2.45, 2.75) is 0 Å². The van der Waals surface area contributed by atoms with E-state index in [9.17, 15) is 0 Å². The van der Waals surface area contributed by atoms with Gasteiger partial charge in [0.1, 0.15) is 11.6 Å². The Morgan fingerprint density at radius 3 is 0.946 bits per heavy atom. The highest BCUT2D eigenvalue weighted by Crippen LogP contribution is 2.38. The number of benzene rings is 7. The van der Waals surface area contributed by atoms with E-state index in [1.165, 1.54) is 21.5 Å². The van der Waals surface area contributed by atoms with Crippen molar-refractivity contribution in [3.8, 4) is 56.4 Å². The fourth-order valence-corrected chi connectivity index (χ4v) is 8.33. The Morgan fingerprint density at radius 2 is 0.571 bits per heavy atom. The summed E-state index contributed by atoms with van der Waals surface area (Å²) >= 11 is 0. The molecule has 56 heavy (non-hydrogen) atoms. The zero-order valence-corrected chi connectivity index (χ0v) is 30.4. The molecule has 4 heteroatoms. The molecule has 0 aliphatic carbocycles. The fraction of sp³-hybridized carbons (Fsp3) is 0. The first-order valence-electron chi connectivity index (χ1n) is 19.0. The van der Waals surface area contributed by atoms with Crippen LogP contribution in [-0.2, 0) is 0 Å². The van der Waals surface area contributed by atoms with Gasteiger partial charge in [-0.25, -0.2) is 9.97 Å². The van der Waals surface area contributed by atoms with Crippen molar-refractivity contribution in [2.24, 2.45) is 0 Å². The van der Waals surface area contributed by atoms with Gasteiger partial charge in [0.2, 0.25) is 0 Å². The smallest absolute Gasteiger partial charge is 0.138 e. The van der Waals surface area contributed by atoms with E-state index in [1.54, 1.807) is 0 Å². The number of fused-ring (bicyclic) bond motifs is 6. The molecule has 0 fully saturated rings. The van der Waals surface area contributed by atoms with Gasteiger partial charge < -0.3 is 0 Å². The lowest BCUT2D eigenvalue weighted by Gasteiger charge is -2.15. The Bertz CT molecular complexity index is 2920. The van der Waals surface area contributed by atoms with Gasteiger partial charge in [0.15, 0.2) is 0 Å². The second-order valence-electron chi connectivity index (χ2n) is 14.3. The van der Waals surface area contributed by atoms with Crippen molar-refractivity contribution in [1.82, 2.24) is 19.1 Å². The minimum Gasteiger partial charge on any atom is -0.294 e. The molecule has 0 N–H and O–H groups in total. The zero-order valence-electron chi connectivity index (χ0n) is 30.4. The molecule has 0 spiro atoms. The maximum absolute atomic E-state index is 5.34. The summed E-state index contributed by atoms with van der Waals surface area (Å²) in [6, 6.07) is 73.2. The molecule has 0 atom stereocenters. The molecule has 11 rings (SSSR count). The summed E-state index contributed by atoms with van der Waals surface area (Å²) < 4.78 is 4.61. The third kappa shape index (κ3) is 5.31. The molecule has 7 aromatic carbocycles. The molecule has 4 nitrogen and oxygen atoms in total. The molecule has 0 saturated heterocycles. The second kappa shape index (κ2) is 13.1. The van der Waals surface area contributed by atoms with Crippen LogP contribution in [0.15, 0.2) is 206 Å². The topological polar surface area (TPSA) is 35.6 Å². The minimum atomic E-state index is 0.882. The Labute approximate surface area is 324 Å². The number of pyridine rings is 2. The van der Waals surface area contributed by atoms with Crippen LogP contribution < -0.4 is 0 Å². The van der Waals surface area contributed by atoms with E-state index in [1.807, 2.05) is 0 Å². The number of hydrogen-bond donors (Lipinski definition) is 0. The highest BCUT2D eigenvalue weighted by molar-refractivity contribution is 6.10. The van der Waals surface area contributed by atoms with Crippen LogP contribution >= 0.6 is 0 Å². The van der Waals surface area contributed by atoms with Gasteiger partial charge in [-0.05, 0) is 76.9 Å². The maximum atomic E-state index is 5.34. The standard InChI is InChI=1S/C52H34N4/c1-3-16-35(17-4-1)45-31-39(33-51(53-45)55-47-26-11-7-22-41(47)42-23-8-12-27-48(42)55)37-20-15-21-38(30-37)40-32-46(36-18-5-2-6-19-36)54-52(34-40)56-49-28-13-9-24-43(49)44-25-10-14-29-50(44)56/h1-34H. The Kier molecular flexibility index (Phi) is 7.46. The van der Waals surface area contributed by atoms with Crippen LogP contribution in [0.1, 0.15) is 0 Å². The first-order valence-corrected chi connectivity index (χ1v) is 19.0. The molecular formula is C52H34N4. The molecule has 0 saturated carbocycles. The van der Waals surface area contributed by atoms with Gasteiger partial charge in [-0.1, -0.05) is 152 Å². The molecule has 0 aliphatic rings. The second-order valence-corrected chi connectivity index (χ2v) is 14.3. The van der Waals surface area contributed by atoms with Gasteiger partial charge >= 0.3 is 0 Å². The summed E-state index contributed by atoms with van der Waals surface area (Å²) in [5.41, 5.74) is 12.9. The van der Waals surface area contributed by atoms with E-state index in [0.717, 1.165) is 78.5 Å². The molecule has 4 heterocycles. The third-order valence-electron chi connectivity index (χ3n) is 10.9. The van der Waals surface area contributed by atoms with Crippen LogP contribution in [0.2, 0.25) is 0 Å². The molecule has 0 aliphatic heterocycles. The fourth-order valence-electron chi connectivity index (χ4n) is 8.33. The van der Waals surface area contributed by atoms with Crippen molar-refractivity contribution in [3.05, 3.63) is 206 Å². The average molecular weight is 715 g/mol. The van der Waals surface area contributed by atoms with Crippen LogP contribution in [-0.4, -0.2) is 19.1 Å². The van der Waals surface area contributed by atoms with Gasteiger partial charge in [-0.2, -0.15) is 0 Å². The van der Waals surface area contributed by atoms with Gasteiger partial charge in [0, 0.05) is 32.7 Å². The Morgan fingerprint density at radius 1 is 0.250 bits per heavy atom. The Hall–Kier alpha value is -7.56. The van der Waals surface area contributed by atoms with Crippen LogP contribution in [0.25, 0.3) is 100 Å². The lowest BCUT2D eigenvalue weighted by molar-refractivity contribution is 1.08. The van der Waals surface area contributed by atoms with Gasteiger partial charge in [-0.15, -0.1) is 0 Å². The van der Waals surface area contributed by atoms with E-state index >= 15 is 0 Å². The molecule has 11 aromatic rings. The average Bonchev–Trinajstić information content (AvgIpc) is 3.80. The highest BCUT2D eigenvalue weighted by Gasteiger charge is 2.18. The van der Waals surface area contributed by atoms with Crippen molar-refractivity contribution in [2.75, 3.05) is 0 Å². The van der Waals surface area contributed by atoms with E-state index in [0.29, 0.717) is 0 Å². The van der Waals surface area contributed by atoms with Gasteiger partial charge in [0.25, 0.3) is 0 Å². The van der Waals surface area contributed by atoms with Crippen LogP contribution in [0.4, 0.5) is 0 Å². The molecule has 262 valence electrons. The first kappa shape index (κ1) is 31.9. The van der Waals surface area contributed by atoms with Crippen LogP contribution in [0, 0.1) is 0 Å². The number of nitrogens with zero attached hydrogens (tertiary/aromatic N) is 4. The first-order chi connectivity index (χ1) is 27.8. The van der Waals surface area contributed by atoms with Crippen molar-refractivity contribution < 1.29 is 0 Å². The predicted molar refractivity (Wildman–Crippen MR) is 232 cm³/mol. The zero-order chi connectivity index (χ0) is 37.0. The quantitative estimate of drug-likeness (QED) is 0.172. The molecular weight excluding hydrogens is 681 g/mol. The van der Waals surface area contributed by atoms with Crippen molar-refractivity contribution in [3.63, 3.8) is 0 Å². The largest absolute Gasteiger partial charge is 0.294 e. The SMILES string of the molecule is c1ccc(-c2cc(-c3cccc(-c4cc(-c5ccccc5)nc(-n5c6ccccc6c6ccccc65)c4)c3)cc(-n3c4ccccc4c4ccccc43)n2)cc1. The Balaban J connectivity index is 1.12. The number of rotatable bonds is 6. The van der Waals surface area contributed by atoms with E-state index < -0.39 is 0 Å². The lowest BCUT2D eigenvalue weighted by Crippen LogP contribution is -2.00. The summed E-state index contributed by atoms with van der Waals surface area (Å²) in [5.74, 6) is 1.76. The van der Waals surface area contributed by atoms with Crippen LogP contribution in [0.3, 0.4) is 0 Å². The molecule has 0 unspecified atom stereocenters.